The number of nitrogens with one attached hydrogen (secondary N) is 1. The molecule has 0 amide bonds. The standard InChI is InChI=1S/C18H26N2/c1-3-11-19-15-8-6-7-14(12-15)17-13-20(2)18-10-5-4-9-16(17)18/h4-5,9-10,13-15,19H,3,6-8,11-12H2,1-2H3. The molecule has 0 aliphatic heterocycles. The monoisotopic (exact) mass is 270 g/mol. The second-order valence-corrected chi connectivity index (χ2v) is 6.23. The number of fused-ring (bicyclic) bond motifs is 1. The molecular formula is C18H26N2. The van der Waals surface area contributed by atoms with Crippen LogP contribution in [0.1, 0.15) is 50.5 Å². The first-order valence-corrected chi connectivity index (χ1v) is 8.07. The predicted octanol–water partition coefficient (Wildman–Crippen LogP) is 4.20. The van der Waals surface area contributed by atoms with E-state index in [0.29, 0.717) is 6.04 Å². The maximum Gasteiger partial charge on any atom is 0.0480 e. The van der Waals surface area contributed by atoms with Crippen LogP contribution in [-0.4, -0.2) is 17.2 Å². The van der Waals surface area contributed by atoms with Gasteiger partial charge in [-0.2, -0.15) is 0 Å². The van der Waals surface area contributed by atoms with E-state index in [-0.39, 0.29) is 0 Å². The number of para-hydroxylation sites is 1. The van der Waals surface area contributed by atoms with Crippen molar-refractivity contribution in [3.63, 3.8) is 0 Å². The van der Waals surface area contributed by atoms with Gasteiger partial charge in [-0.05, 0) is 49.8 Å². The van der Waals surface area contributed by atoms with Gasteiger partial charge in [-0.1, -0.05) is 31.5 Å². The Balaban J connectivity index is 1.83. The average molecular weight is 270 g/mol. The molecule has 1 aromatic heterocycles. The second kappa shape index (κ2) is 6.01. The highest BCUT2D eigenvalue weighted by molar-refractivity contribution is 5.84. The van der Waals surface area contributed by atoms with Crippen LogP contribution < -0.4 is 5.32 Å². The van der Waals surface area contributed by atoms with Gasteiger partial charge in [-0.3, -0.25) is 0 Å². The molecule has 0 bridgehead atoms. The lowest BCUT2D eigenvalue weighted by molar-refractivity contribution is 0.341. The third kappa shape index (κ3) is 2.62. The van der Waals surface area contributed by atoms with Crippen LogP contribution >= 0.6 is 0 Å². The summed E-state index contributed by atoms with van der Waals surface area (Å²) in [5.41, 5.74) is 2.93. The number of benzene rings is 1. The number of aromatic nitrogens is 1. The van der Waals surface area contributed by atoms with Gasteiger partial charge in [0.25, 0.3) is 0 Å². The average Bonchev–Trinajstić information content (AvgIpc) is 2.83. The van der Waals surface area contributed by atoms with Crippen molar-refractivity contribution in [1.82, 2.24) is 9.88 Å². The highest BCUT2D eigenvalue weighted by Crippen LogP contribution is 2.37. The molecule has 108 valence electrons. The molecule has 2 heteroatoms. The Labute approximate surface area is 122 Å². The Hall–Kier alpha value is -1.28. The number of nitrogens with zero attached hydrogens (tertiary/aromatic N) is 1. The fourth-order valence-electron chi connectivity index (χ4n) is 3.70. The number of hydrogen-bond donors (Lipinski definition) is 1. The highest BCUT2D eigenvalue weighted by Gasteiger charge is 2.25. The first-order valence-electron chi connectivity index (χ1n) is 8.07. The minimum absolute atomic E-state index is 0.715. The minimum atomic E-state index is 0.715. The lowest BCUT2D eigenvalue weighted by Crippen LogP contribution is -2.33. The molecule has 20 heavy (non-hydrogen) atoms. The summed E-state index contributed by atoms with van der Waals surface area (Å²) in [4.78, 5) is 0. The van der Waals surface area contributed by atoms with Crippen molar-refractivity contribution in [2.75, 3.05) is 6.54 Å². The molecule has 1 aromatic carbocycles. The molecule has 1 aliphatic rings. The number of hydrogen-bond acceptors (Lipinski definition) is 1. The Kier molecular flexibility index (Phi) is 4.11. The van der Waals surface area contributed by atoms with Crippen LogP contribution in [0.3, 0.4) is 0 Å². The Morgan fingerprint density at radius 1 is 1.25 bits per heavy atom. The zero-order chi connectivity index (χ0) is 13.9. The van der Waals surface area contributed by atoms with Crippen LogP contribution in [0.2, 0.25) is 0 Å². The van der Waals surface area contributed by atoms with Gasteiger partial charge in [0, 0.05) is 30.2 Å². The highest BCUT2D eigenvalue weighted by atomic mass is 14.9. The van der Waals surface area contributed by atoms with E-state index in [1.54, 1.807) is 5.56 Å². The summed E-state index contributed by atoms with van der Waals surface area (Å²) in [5.74, 6) is 0.726. The van der Waals surface area contributed by atoms with Crippen molar-refractivity contribution in [2.24, 2.45) is 7.05 Å². The van der Waals surface area contributed by atoms with Crippen LogP contribution in [0.15, 0.2) is 30.5 Å². The van der Waals surface area contributed by atoms with Gasteiger partial charge in [0.15, 0.2) is 0 Å². The third-order valence-corrected chi connectivity index (χ3v) is 4.72. The summed E-state index contributed by atoms with van der Waals surface area (Å²) >= 11 is 0. The van der Waals surface area contributed by atoms with Crippen molar-refractivity contribution in [1.29, 1.82) is 0 Å². The maximum absolute atomic E-state index is 3.72. The van der Waals surface area contributed by atoms with Crippen LogP contribution in [0.5, 0.6) is 0 Å². The van der Waals surface area contributed by atoms with Crippen molar-refractivity contribution in [3.8, 4) is 0 Å². The van der Waals surface area contributed by atoms with E-state index in [1.807, 2.05) is 0 Å². The van der Waals surface area contributed by atoms with Crippen molar-refractivity contribution in [2.45, 2.75) is 51.0 Å². The smallest absolute Gasteiger partial charge is 0.0480 e. The van der Waals surface area contributed by atoms with Crippen molar-refractivity contribution in [3.05, 3.63) is 36.0 Å². The van der Waals surface area contributed by atoms with Gasteiger partial charge in [0.2, 0.25) is 0 Å². The first-order chi connectivity index (χ1) is 9.79. The van der Waals surface area contributed by atoms with Gasteiger partial charge in [0.1, 0.15) is 0 Å². The molecule has 0 radical (unpaired) electrons. The maximum atomic E-state index is 3.72. The Morgan fingerprint density at radius 2 is 2.10 bits per heavy atom. The Morgan fingerprint density at radius 3 is 2.95 bits per heavy atom. The van der Waals surface area contributed by atoms with E-state index in [4.69, 9.17) is 0 Å². The van der Waals surface area contributed by atoms with E-state index in [9.17, 15) is 0 Å². The topological polar surface area (TPSA) is 17.0 Å². The van der Waals surface area contributed by atoms with E-state index in [0.717, 1.165) is 12.5 Å². The largest absolute Gasteiger partial charge is 0.350 e. The summed E-state index contributed by atoms with van der Waals surface area (Å²) in [6, 6.07) is 9.54. The molecule has 2 aromatic rings. The fraction of sp³-hybridized carbons (Fsp3) is 0.556. The van der Waals surface area contributed by atoms with Crippen LogP contribution in [0.4, 0.5) is 0 Å². The Bertz CT molecular complexity index is 570. The van der Waals surface area contributed by atoms with Crippen LogP contribution in [0.25, 0.3) is 10.9 Å². The van der Waals surface area contributed by atoms with E-state index in [2.05, 4.69) is 54.3 Å². The molecule has 1 saturated carbocycles. The summed E-state index contributed by atoms with van der Waals surface area (Å²) < 4.78 is 2.29. The molecule has 0 spiro atoms. The van der Waals surface area contributed by atoms with Gasteiger partial charge < -0.3 is 9.88 Å². The lowest BCUT2D eigenvalue weighted by Gasteiger charge is -2.30. The zero-order valence-corrected chi connectivity index (χ0v) is 12.7. The first kappa shape index (κ1) is 13.7. The quantitative estimate of drug-likeness (QED) is 0.881. The third-order valence-electron chi connectivity index (χ3n) is 4.72. The van der Waals surface area contributed by atoms with Crippen LogP contribution in [0, 0.1) is 0 Å². The number of rotatable bonds is 4. The molecule has 1 N–H and O–H groups in total. The summed E-state index contributed by atoms with van der Waals surface area (Å²) in [5, 5.41) is 5.17. The predicted molar refractivity (Wildman–Crippen MR) is 86.2 cm³/mol. The molecule has 2 atom stereocenters. The molecule has 1 aliphatic carbocycles. The zero-order valence-electron chi connectivity index (χ0n) is 12.7. The SMILES string of the molecule is CCCNC1CCCC(c2cn(C)c3ccccc23)C1. The van der Waals surface area contributed by atoms with Gasteiger partial charge in [-0.15, -0.1) is 0 Å². The molecule has 2 nitrogen and oxygen atoms in total. The molecule has 2 unspecified atom stereocenters. The molecule has 3 rings (SSSR count). The molecule has 1 fully saturated rings. The molecule has 0 saturated heterocycles. The van der Waals surface area contributed by atoms with Crippen molar-refractivity contribution < 1.29 is 0 Å². The van der Waals surface area contributed by atoms with Gasteiger partial charge in [0.05, 0.1) is 0 Å². The summed E-state index contributed by atoms with van der Waals surface area (Å²) in [6.45, 7) is 3.41. The van der Waals surface area contributed by atoms with E-state index < -0.39 is 0 Å². The fourth-order valence-corrected chi connectivity index (χ4v) is 3.70. The van der Waals surface area contributed by atoms with Gasteiger partial charge in [-0.25, -0.2) is 0 Å². The van der Waals surface area contributed by atoms with Crippen LogP contribution in [-0.2, 0) is 7.05 Å². The second-order valence-electron chi connectivity index (χ2n) is 6.23. The minimum Gasteiger partial charge on any atom is -0.350 e. The van der Waals surface area contributed by atoms with E-state index >= 15 is 0 Å². The van der Waals surface area contributed by atoms with Crippen molar-refractivity contribution >= 4 is 10.9 Å². The summed E-state index contributed by atoms with van der Waals surface area (Å²) in [6.07, 6.45) is 8.94. The summed E-state index contributed by atoms with van der Waals surface area (Å²) in [7, 11) is 2.17. The molecular weight excluding hydrogens is 244 g/mol. The van der Waals surface area contributed by atoms with E-state index in [1.165, 1.54) is 43.0 Å². The normalized spacial score (nSPS) is 23.3. The molecule has 1 heterocycles. The van der Waals surface area contributed by atoms with Gasteiger partial charge >= 0.3 is 0 Å². The lowest BCUT2D eigenvalue weighted by atomic mass is 9.81. The number of aryl methyl sites for hydroxylation is 1.